The van der Waals surface area contributed by atoms with E-state index in [0.29, 0.717) is 24.4 Å². The number of carbonyl (C=O) groups is 2. The second kappa shape index (κ2) is 6.94. The maximum atomic E-state index is 11.5. The lowest BCUT2D eigenvalue weighted by atomic mass is 10.1. The summed E-state index contributed by atoms with van der Waals surface area (Å²) in [5, 5.41) is 0. The van der Waals surface area contributed by atoms with Crippen molar-refractivity contribution in [3.63, 3.8) is 0 Å². The third-order valence-corrected chi connectivity index (χ3v) is 2.75. The van der Waals surface area contributed by atoms with Crippen molar-refractivity contribution >= 4 is 11.9 Å². The first kappa shape index (κ1) is 15.2. The van der Waals surface area contributed by atoms with Crippen LogP contribution in [0.3, 0.4) is 0 Å². The summed E-state index contributed by atoms with van der Waals surface area (Å²) in [5.74, 6) is -0.421. The lowest BCUT2D eigenvalue weighted by molar-refractivity contribution is -0.145. The van der Waals surface area contributed by atoms with E-state index in [-0.39, 0.29) is 11.9 Å². The van der Waals surface area contributed by atoms with Crippen LogP contribution in [0.2, 0.25) is 0 Å². The zero-order valence-corrected chi connectivity index (χ0v) is 11.6. The molecule has 1 aromatic rings. The van der Waals surface area contributed by atoms with Gasteiger partial charge in [0.2, 0.25) is 0 Å². The van der Waals surface area contributed by atoms with Crippen LogP contribution in [-0.2, 0) is 20.8 Å². The molecule has 0 bridgehead atoms. The van der Waals surface area contributed by atoms with Gasteiger partial charge in [0, 0.05) is 6.54 Å². The number of ether oxygens (including phenoxy) is 2. The fraction of sp³-hybridized carbons (Fsp3) is 0.538. The molecule has 0 saturated heterocycles. The average molecular weight is 269 g/mol. The summed E-state index contributed by atoms with van der Waals surface area (Å²) in [4.78, 5) is 24.7. The fourth-order valence-corrected chi connectivity index (χ4v) is 1.81. The quantitative estimate of drug-likeness (QED) is 0.725. The first-order valence-electron chi connectivity index (χ1n) is 5.90. The molecule has 19 heavy (non-hydrogen) atoms. The van der Waals surface area contributed by atoms with Crippen molar-refractivity contribution < 1.29 is 23.5 Å². The minimum Gasteiger partial charge on any atom is -0.469 e. The summed E-state index contributed by atoms with van der Waals surface area (Å²) in [7, 11) is 4.52. The Morgan fingerprint density at radius 1 is 1.37 bits per heavy atom. The summed E-state index contributed by atoms with van der Waals surface area (Å²) in [5.41, 5.74) is 0.403. The monoisotopic (exact) mass is 269 g/mol. The zero-order chi connectivity index (χ0) is 14.4. The molecule has 106 valence electrons. The molecular weight excluding hydrogens is 250 g/mol. The number of nitrogens with zero attached hydrogens (tertiary/aromatic N) is 1. The molecule has 0 saturated carbocycles. The third-order valence-electron chi connectivity index (χ3n) is 2.75. The first-order valence-corrected chi connectivity index (χ1v) is 5.90. The molecule has 0 radical (unpaired) electrons. The highest BCUT2D eigenvalue weighted by molar-refractivity contribution is 5.90. The van der Waals surface area contributed by atoms with Crippen LogP contribution >= 0.6 is 0 Å². The number of rotatable bonds is 6. The molecule has 0 aromatic carbocycles. The maximum Gasteiger partial charge on any atom is 0.341 e. The average Bonchev–Trinajstić information content (AvgIpc) is 2.84. The van der Waals surface area contributed by atoms with Gasteiger partial charge in [-0.3, -0.25) is 9.69 Å². The first-order chi connectivity index (χ1) is 8.99. The minimum atomic E-state index is -0.432. The van der Waals surface area contributed by atoms with Gasteiger partial charge in [-0.15, -0.1) is 0 Å². The van der Waals surface area contributed by atoms with Gasteiger partial charge in [-0.25, -0.2) is 4.79 Å². The third kappa shape index (κ3) is 4.10. The van der Waals surface area contributed by atoms with Crippen molar-refractivity contribution in [1.29, 1.82) is 0 Å². The standard InChI is InChI=1S/C13H19NO5/c1-9(12(15)17-3)7-14(2)8-11-10(5-6-19-11)13(16)18-4/h5-6,9H,7-8H2,1-4H3. The van der Waals surface area contributed by atoms with Crippen LogP contribution in [-0.4, -0.2) is 44.7 Å². The normalized spacial score (nSPS) is 12.3. The summed E-state index contributed by atoms with van der Waals surface area (Å²) < 4.78 is 14.6. The largest absolute Gasteiger partial charge is 0.469 e. The highest BCUT2D eigenvalue weighted by atomic mass is 16.5. The van der Waals surface area contributed by atoms with Gasteiger partial charge in [-0.05, 0) is 13.1 Å². The van der Waals surface area contributed by atoms with Gasteiger partial charge in [0.1, 0.15) is 11.3 Å². The predicted molar refractivity (Wildman–Crippen MR) is 67.6 cm³/mol. The van der Waals surface area contributed by atoms with Gasteiger partial charge < -0.3 is 13.9 Å². The number of hydrogen-bond donors (Lipinski definition) is 0. The molecule has 0 fully saturated rings. The van der Waals surface area contributed by atoms with E-state index in [2.05, 4.69) is 9.47 Å². The summed E-state index contributed by atoms with van der Waals surface area (Å²) >= 11 is 0. The Balaban J connectivity index is 2.62. The molecule has 0 aliphatic rings. The Labute approximate surface area is 112 Å². The Kier molecular flexibility index (Phi) is 5.57. The van der Waals surface area contributed by atoms with Gasteiger partial charge in [0.05, 0.1) is 32.9 Å². The SMILES string of the molecule is COC(=O)c1ccoc1CN(C)CC(C)C(=O)OC. The maximum absolute atomic E-state index is 11.5. The fourth-order valence-electron chi connectivity index (χ4n) is 1.81. The van der Waals surface area contributed by atoms with Crippen LogP contribution in [0.1, 0.15) is 23.0 Å². The second-order valence-corrected chi connectivity index (χ2v) is 4.37. The van der Waals surface area contributed by atoms with Crippen molar-refractivity contribution in [1.82, 2.24) is 4.90 Å². The van der Waals surface area contributed by atoms with Crippen LogP contribution in [0.5, 0.6) is 0 Å². The van der Waals surface area contributed by atoms with Crippen molar-refractivity contribution in [2.45, 2.75) is 13.5 Å². The van der Waals surface area contributed by atoms with Crippen LogP contribution in [0.25, 0.3) is 0 Å². The molecule has 6 nitrogen and oxygen atoms in total. The number of hydrogen-bond acceptors (Lipinski definition) is 6. The van der Waals surface area contributed by atoms with E-state index in [0.717, 1.165) is 0 Å². The molecule has 0 spiro atoms. The van der Waals surface area contributed by atoms with E-state index in [1.165, 1.54) is 20.5 Å². The Morgan fingerprint density at radius 2 is 2.05 bits per heavy atom. The molecule has 0 aliphatic heterocycles. The van der Waals surface area contributed by atoms with Crippen LogP contribution in [0.4, 0.5) is 0 Å². The summed E-state index contributed by atoms with van der Waals surface area (Å²) in [6.45, 7) is 2.71. The van der Waals surface area contributed by atoms with Crippen LogP contribution in [0, 0.1) is 5.92 Å². The summed E-state index contributed by atoms with van der Waals surface area (Å²) in [6.07, 6.45) is 1.44. The van der Waals surface area contributed by atoms with E-state index in [1.807, 2.05) is 11.9 Å². The lowest BCUT2D eigenvalue weighted by Gasteiger charge is -2.19. The number of esters is 2. The highest BCUT2D eigenvalue weighted by Crippen LogP contribution is 2.14. The molecule has 0 aliphatic carbocycles. The Bertz CT molecular complexity index is 440. The van der Waals surface area contributed by atoms with Crippen LogP contribution in [0.15, 0.2) is 16.7 Å². The molecule has 0 N–H and O–H groups in total. The van der Waals surface area contributed by atoms with Crippen molar-refractivity contribution in [3.8, 4) is 0 Å². The number of methoxy groups -OCH3 is 2. The van der Waals surface area contributed by atoms with Gasteiger partial charge in [-0.1, -0.05) is 6.92 Å². The van der Waals surface area contributed by atoms with E-state index < -0.39 is 5.97 Å². The summed E-state index contributed by atoms with van der Waals surface area (Å²) in [6, 6.07) is 1.57. The molecular formula is C13H19NO5. The van der Waals surface area contributed by atoms with E-state index >= 15 is 0 Å². The molecule has 0 amide bonds. The van der Waals surface area contributed by atoms with Gasteiger partial charge >= 0.3 is 11.9 Å². The number of carbonyl (C=O) groups excluding carboxylic acids is 2. The predicted octanol–water partition coefficient (Wildman–Crippen LogP) is 1.31. The minimum absolute atomic E-state index is 0.244. The van der Waals surface area contributed by atoms with Gasteiger partial charge in [0.15, 0.2) is 0 Å². The highest BCUT2D eigenvalue weighted by Gasteiger charge is 2.19. The molecule has 1 atom stereocenters. The van der Waals surface area contributed by atoms with Crippen molar-refractivity contribution in [2.24, 2.45) is 5.92 Å². The molecule has 1 unspecified atom stereocenters. The Hall–Kier alpha value is -1.82. The van der Waals surface area contributed by atoms with Gasteiger partial charge in [0.25, 0.3) is 0 Å². The second-order valence-electron chi connectivity index (χ2n) is 4.37. The van der Waals surface area contributed by atoms with Crippen LogP contribution < -0.4 is 0 Å². The van der Waals surface area contributed by atoms with Crippen molar-refractivity contribution in [3.05, 3.63) is 23.7 Å². The van der Waals surface area contributed by atoms with E-state index in [1.54, 1.807) is 13.0 Å². The topological polar surface area (TPSA) is 69.0 Å². The van der Waals surface area contributed by atoms with Crippen molar-refractivity contribution in [2.75, 3.05) is 27.8 Å². The van der Waals surface area contributed by atoms with E-state index in [4.69, 9.17) is 4.42 Å². The van der Waals surface area contributed by atoms with Gasteiger partial charge in [-0.2, -0.15) is 0 Å². The molecule has 1 aromatic heterocycles. The molecule has 1 heterocycles. The number of furan rings is 1. The zero-order valence-electron chi connectivity index (χ0n) is 11.6. The smallest absolute Gasteiger partial charge is 0.341 e. The molecule has 1 rings (SSSR count). The lowest BCUT2D eigenvalue weighted by Crippen LogP contribution is -2.29. The molecule has 6 heteroatoms. The van der Waals surface area contributed by atoms with E-state index in [9.17, 15) is 9.59 Å². The Morgan fingerprint density at radius 3 is 2.63 bits per heavy atom.